The van der Waals surface area contributed by atoms with Crippen molar-refractivity contribution in [2.75, 3.05) is 19.6 Å². The molecule has 1 aromatic rings. The van der Waals surface area contributed by atoms with Crippen molar-refractivity contribution < 1.29 is 34.1 Å². The average Bonchev–Trinajstić information content (AvgIpc) is 3.28. The van der Waals surface area contributed by atoms with Gasteiger partial charge < -0.3 is 35.6 Å². The molecule has 29 heavy (non-hydrogen) atoms. The Morgan fingerprint density at radius 3 is 2.69 bits per heavy atom. The fraction of sp³-hybridized carbons (Fsp3) is 0.556. The summed E-state index contributed by atoms with van der Waals surface area (Å²) < 4.78 is 11.2. The Hall–Kier alpha value is -2.34. The number of fused-ring (bicyclic) bond motifs is 3. The minimum Gasteiger partial charge on any atom is -0.669 e. The van der Waals surface area contributed by atoms with E-state index in [0.717, 1.165) is 0 Å². The van der Waals surface area contributed by atoms with Gasteiger partial charge in [0.15, 0.2) is 0 Å². The number of ether oxygens (including phenoxy) is 1. The normalized spacial score (nSPS) is 32.5. The molecule has 3 aliphatic heterocycles. The van der Waals surface area contributed by atoms with E-state index in [1.54, 1.807) is 12.1 Å². The third-order valence-electron chi connectivity index (χ3n) is 6.59. The topological polar surface area (TPSA) is 155 Å². The van der Waals surface area contributed by atoms with E-state index in [1.165, 1.54) is 0 Å². The van der Waals surface area contributed by atoms with E-state index in [2.05, 4.69) is 10.2 Å². The molecule has 1 aliphatic carbocycles. The van der Waals surface area contributed by atoms with Gasteiger partial charge in [0, 0.05) is 25.7 Å². The molecular weight excluding hydrogens is 381 g/mol. The maximum Gasteiger partial charge on any atom is 0.434 e. The summed E-state index contributed by atoms with van der Waals surface area (Å²) in [5, 5.41) is 33.0. The van der Waals surface area contributed by atoms with Crippen molar-refractivity contribution in [3.8, 4) is 11.5 Å². The number of primary amides is 1. The molecule has 156 valence electrons. The number of nitrogens with zero attached hydrogens (tertiary/aromatic N) is 1. The van der Waals surface area contributed by atoms with E-state index < -0.39 is 12.7 Å². The highest BCUT2D eigenvalue weighted by molar-refractivity contribution is 6.62. The van der Waals surface area contributed by atoms with Gasteiger partial charge in [0.2, 0.25) is 5.91 Å². The Labute approximate surface area is 166 Å². The fourth-order valence-electron chi connectivity index (χ4n) is 4.85. The monoisotopic (exact) mass is 404 g/mol. The van der Waals surface area contributed by atoms with E-state index in [0.29, 0.717) is 38.0 Å². The number of rotatable bonds is 5. The number of carboxylic acids is 1. The van der Waals surface area contributed by atoms with Crippen molar-refractivity contribution in [1.82, 2.24) is 10.2 Å². The van der Waals surface area contributed by atoms with Crippen LogP contribution in [0.5, 0.6) is 11.5 Å². The SMILES string of the molecule is NC(=O)[C@@H]1C[C@@H](N2CC(Oc3ccc4c(c3C(=O)O)O[B-](O)(O)[C@@H]3CC43)C2)CN1. The van der Waals surface area contributed by atoms with Crippen LogP contribution >= 0.6 is 0 Å². The number of aromatic carboxylic acids is 1. The highest BCUT2D eigenvalue weighted by Gasteiger charge is 2.55. The molecule has 2 saturated heterocycles. The quantitative estimate of drug-likeness (QED) is 0.382. The first-order chi connectivity index (χ1) is 13.7. The lowest BCUT2D eigenvalue weighted by Crippen LogP contribution is -2.58. The van der Waals surface area contributed by atoms with Crippen LogP contribution < -0.4 is 20.4 Å². The lowest BCUT2D eigenvalue weighted by molar-refractivity contribution is -0.119. The number of nitrogens with two attached hydrogens (primary N) is 1. The highest BCUT2D eigenvalue weighted by atomic mass is 16.6. The summed E-state index contributed by atoms with van der Waals surface area (Å²) in [5.74, 6) is -1.90. The Morgan fingerprint density at radius 2 is 2.03 bits per heavy atom. The molecule has 11 heteroatoms. The predicted molar refractivity (Wildman–Crippen MR) is 101 cm³/mol. The number of hydrogen-bond donors (Lipinski definition) is 5. The van der Waals surface area contributed by atoms with E-state index in [9.17, 15) is 24.7 Å². The van der Waals surface area contributed by atoms with Crippen molar-refractivity contribution >= 4 is 18.6 Å². The van der Waals surface area contributed by atoms with Crippen LogP contribution in [0.2, 0.25) is 5.82 Å². The van der Waals surface area contributed by atoms with Gasteiger partial charge in [-0.1, -0.05) is 18.3 Å². The Balaban J connectivity index is 1.30. The lowest BCUT2D eigenvalue weighted by atomic mass is 9.68. The largest absolute Gasteiger partial charge is 0.669 e. The third kappa shape index (κ3) is 3.05. The molecule has 4 atom stereocenters. The second-order valence-electron chi connectivity index (χ2n) is 8.49. The predicted octanol–water partition coefficient (Wildman–Crippen LogP) is -1.16. The first-order valence-corrected chi connectivity index (χ1v) is 9.86. The number of carboxylic acid groups (broad SMARTS) is 1. The maximum absolute atomic E-state index is 11.9. The summed E-state index contributed by atoms with van der Waals surface area (Å²) in [4.78, 5) is 25.4. The zero-order valence-electron chi connectivity index (χ0n) is 15.7. The maximum atomic E-state index is 11.9. The average molecular weight is 404 g/mol. The molecule has 4 aliphatic rings. The van der Waals surface area contributed by atoms with Crippen molar-refractivity contribution in [3.05, 3.63) is 23.3 Å². The van der Waals surface area contributed by atoms with Crippen LogP contribution in [-0.4, -0.2) is 76.5 Å². The van der Waals surface area contributed by atoms with E-state index in [-0.39, 0.29) is 52.9 Å². The number of carbonyl (C=O) groups is 2. The van der Waals surface area contributed by atoms with Crippen molar-refractivity contribution in [2.24, 2.45) is 5.73 Å². The first kappa shape index (κ1) is 18.7. The van der Waals surface area contributed by atoms with Gasteiger partial charge in [-0.05, 0) is 24.0 Å². The first-order valence-electron chi connectivity index (χ1n) is 9.86. The van der Waals surface area contributed by atoms with E-state index >= 15 is 0 Å². The van der Waals surface area contributed by atoms with Gasteiger partial charge in [-0.2, -0.15) is 0 Å². The standard InChI is InChI=1S/C18H23BN3O7/c20-17(23)13-3-8(5-21-13)22-6-9(7-22)28-14-2-1-10-11-4-12(11)19(26,27)29-16(10)15(14)18(24)25/h1-2,8-9,11-13,21,26-27H,3-7H2,(H2,20,23)(H,24,25)/q-1/t8-,11?,12-,13+/m1/s1. The summed E-state index contributed by atoms with van der Waals surface area (Å²) in [6.07, 6.45) is 1.02. The number of likely N-dealkylation sites (tertiary alicyclic amines) is 1. The second kappa shape index (κ2) is 6.33. The van der Waals surface area contributed by atoms with Gasteiger partial charge in [-0.15, -0.1) is 0 Å². The summed E-state index contributed by atoms with van der Waals surface area (Å²) in [7, 11) is 0. The molecule has 0 bridgehead atoms. The molecular formula is C18H23BN3O7-. The number of nitrogens with one attached hydrogen (secondary N) is 1. The van der Waals surface area contributed by atoms with Crippen LogP contribution in [0.4, 0.5) is 0 Å². The summed E-state index contributed by atoms with van der Waals surface area (Å²) in [6, 6.07) is 3.25. The molecule has 1 aromatic carbocycles. The van der Waals surface area contributed by atoms with Crippen LogP contribution in [0, 0.1) is 0 Å². The summed E-state index contributed by atoms with van der Waals surface area (Å²) >= 11 is 0. The molecule has 1 unspecified atom stereocenters. The summed E-state index contributed by atoms with van der Waals surface area (Å²) in [6.45, 7) is -1.18. The molecule has 3 fully saturated rings. The highest BCUT2D eigenvalue weighted by Crippen LogP contribution is 2.63. The molecule has 0 aromatic heterocycles. The molecule has 0 radical (unpaired) electrons. The van der Waals surface area contributed by atoms with E-state index in [4.69, 9.17) is 15.1 Å². The smallest absolute Gasteiger partial charge is 0.434 e. The van der Waals surface area contributed by atoms with Crippen LogP contribution in [0.3, 0.4) is 0 Å². The molecule has 3 heterocycles. The Morgan fingerprint density at radius 1 is 1.28 bits per heavy atom. The van der Waals surface area contributed by atoms with Crippen LogP contribution in [0.25, 0.3) is 0 Å². The van der Waals surface area contributed by atoms with Gasteiger partial charge in [-0.3, -0.25) is 9.69 Å². The minimum absolute atomic E-state index is 0.000720. The van der Waals surface area contributed by atoms with Crippen molar-refractivity contribution in [3.63, 3.8) is 0 Å². The molecule has 5 rings (SSSR count). The van der Waals surface area contributed by atoms with Crippen LogP contribution in [0.15, 0.2) is 12.1 Å². The number of amides is 1. The van der Waals surface area contributed by atoms with Crippen molar-refractivity contribution in [1.29, 1.82) is 0 Å². The molecule has 10 nitrogen and oxygen atoms in total. The molecule has 1 amide bonds. The van der Waals surface area contributed by atoms with Gasteiger partial charge in [-0.25, -0.2) is 4.79 Å². The summed E-state index contributed by atoms with van der Waals surface area (Å²) in [5.41, 5.74) is 5.85. The lowest BCUT2D eigenvalue weighted by Gasteiger charge is -2.43. The molecule has 0 spiro atoms. The zero-order valence-corrected chi connectivity index (χ0v) is 15.7. The molecule has 6 N–H and O–H groups in total. The third-order valence-corrected chi connectivity index (χ3v) is 6.59. The Bertz CT molecular complexity index is 888. The van der Waals surface area contributed by atoms with Crippen molar-refractivity contribution in [2.45, 2.75) is 42.8 Å². The molecule has 1 saturated carbocycles. The van der Waals surface area contributed by atoms with Gasteiger partial charge >= 0.3 is 12.7 Å². The van der Waals surface area contributed by atoms with Gasteiger partial charge in [0.1, 0.15) is 17.4 Å². The minimum atomic E-state index is -3.06. The second-order valence-corrected chi connectivity index (χ2v) is 8.49. The fourth-order valence-corrected chi connectivity index (χ4v) is 4.85. The Kier molecular flexibility index (Phi) is 4.08. The van der Waals surface area contributed by atoms with Crippen LogP contribution in [-0.2, 0) is 4.79 Å². The number of hydrogen-bond acceptors (Lipinski definition) is 8. The van der Waals surface area contributed by atoms with E-state index in [1.807, 2.05) is 0 Å². The van der Waals surface area contributed by atoms with Crippen LogP contribution in [0.1, 0.15) is 34.7 Å². The number of benzene rings is 1. The van der Waals surface area contributed by atoms with Gasteiger partial charge in [0.05, 0.1) is 11.8 Å². The number of carbonyl (C=O) groups excluding carboxylic acids is 1. The zero-order chi connectivity index (χ0) is 20.5. The van der Waals surface area contributed by atoms with Gasteiger partial charge in [0.25, 0.3) is 0 Å².